The number of nitriles is 1. The minimum Gasteiger partial charge on any atom is -0.467 e. The number of oxime groups is 1. The van der Waals surface area contributed by atoms with Crippen LogP contribution >= 0.6 is 0 Å². The maximum absolute atomic E-state index is 13.0. The van der Waals surface area contributed by atoms with E-state index < -0.39 is 17.9 Å². The van der Waals surface area contributed by atoms with E-state index in [1.165, 1.54) is 14.2 Å². The number of nitrogens with one attached hydrogen (secondary N) is 1. The van der Waals surface area contributed by atoms with Gasteiger partial charge in [0.05, 0.1) is 18.7 Å². The maximum Gasteiger partial charge on any atom is 0.328 e. The molecule has 0 radical (unpaired) electrons. The summed E-state index contributed by atoms with van der Waals surface area (Å²) in [6.45, 7) is 1.09. The van der Waals surface area contributed by atoms with Gasteiger partial charge in [-0.1, -0.05) is 47.6 Å². The molecule has 0 unspecified atom stereocenters. The lowest BCUT2D eigenvalue weighted by molar-refractivity contribution is -0.144. The van der Waals surface area contributed by atoms with Crippen molar-refractivity contribution in [1.82, 2.24) is 5.32 Å². The number of carbonyl (C=O) groups excluding carboxylic acids is 2. The van der Waals surface area contributed by atoms with Gasteiger partial charge in [-0.15, -0.1) is 0 Å². The molecule has 1 fully saturated rings. The smallest absolute Gasteiger partial charge is 0.328 e. The largest absolute Gasteiger partial charge is 0.467 e. The fourth-order valence-corrected chi connectivity index (χ4v) is 3.83. The van der Waals surface area contributed by atoms with Gasteiger partial charge in [-0.2, -0.15) is 5.26 Å². The van der Waals surface area contributed by atoms with Crippen molar-refractivity contribution in [3.63, 3.8) is 0 Å². The van der Waals surface area contributed by atoms with Gasteiger partial charge in [0.2, 0.25) is 0 Å². The van der Waals surface area contributed by atoms with Crippen molar-refractivity contribution in [1.29, 1.82) is 5.26 Å². The van der Waals surface area contributed by atoms with E-state index in [0.29, 0.717) is 31.6 Å². The Hall–Kier alpha value is -3.70. The number of methoxy groups -OCH3 is 1. The Bertz CT molecular complexity index is 1040. The highest BCUT2D eigenvalue weighted by Crippen LogP contribution is 2.24. The lowest BCUT2D eigenvalue weighted by Gasteiger charge is -2.24. The predicted octanol–water partition coefficient (Wildman–Crippen LogP) is 2.85. The number of benzene rings is 2. The Labute approximate surface area is 193 Å². The zero-order valence-electron chi connectivity index (χ0n) is 18.7. The summed E-state index contributed by atoms with van der Waals surface area (Å²) in [6.07, 6.45) is 1.56. The van der Waals surface area contributed by atoms with Gasteiger partial charge in [0.25, 0.3) is 5.91 Å². The summed E-state index contributed by atoms with van der Waals surface area (Å²) in [7, 11) is 2.67. The van der Waals surface area contributed by atoms with Crippen LogP contribution in [0.25, 0.3) is 11.1 Å². The topological polar surface area (TPSA) is 110 Å². The molecular weight excluding hydrogens is 422 g/mol. The minimum atomic E-state index is -0.887. The van der Waals surface area contributed by atoms with Gasteiger partial charge in [0.1, 0.15) is 18.9 Å². The fourth-order valence-electron chi connectivity index (χ4n) is 3.83. The number of carbonyl (C=O) groups is 2. The van der Waals surface area contributed by atoms with E-state index >= 15 is 0 Å². The highest BCUT2D eigenvalue weighted by Gasteiger charge is 2.30. The van der Waals surface area contributed by atoms with Crippen LogP contribution in [0, 0.1) is 17.2 Å². The van der Waals surface area contributed by atoms with Crippen molar-refractivity contribution < 1.29 is 23.9 Å². The molecule has 0 bridgehead atoms. The summed E-state index contributed by atoms with van der Waals surface area (Å²) in [5, 5.41) is 16.0. The van der Waals surface area contributed by atoms with E-state index in [1.807, 2.05) is 42.5 Å². The molecule has 33 heavy (non-hydrogen) atoms. The quantitative estimate of drug-likeness (QED) is 0.377. The molecule has 172 valence electrons. The molecule has 3 rings (SSSR count). The van der Waals surface area contributed by atoms with Crippen molar-refractivity contribution in [3.05, 3.63) is 59.7 Å². The molecular formula is C25H27N3O5. The summed E-state index contributed by atoms with van der Waals surface area (Å²) in [6, 6.07) is 16.2. The normalized spacial score (nSPS) is 15.2. The monoisotopic (exact) mass is 449 g/mol. The van der Waals surface area contributed by atoms with Crippen LogP contribution in [0.1, 0.15) is 24.0 Å². The first kappa shape index (κ1) is 24.0. The lowest BCUT2D eigenvalue weighted by Crippen LogP contribution is -2.47. The number of rotatable bonds is 8. The first-order valence-electron chi connectivity index (χ1n) is 10.7. The molecule has 0 saturated carbocycles. The molecule has 8 heteroatoms. The van der Waals surface area contributed by atoms with E-state index in [2.05, 4.69) is 16.5 Å². The number of amides is 1. The zero-order chi connectivity index (χ0) is 23.6. The summed E-state index contributed by atoms with van der Waals surface area (Å²) in [5.41, 5.74) is 3.39. The molecule has 8 nitrogen and oxygen atoms in total. The van der Waals surface area contributed by atoms with Gasteiger partial charge in [-0.3, -0.25) is 4.79 Å². The number of hydrogen-bond donors (Lipinski definition) is 1. The Morgan fingerprint density at radius 2 is 1.85 bits per heavy atom. The highest BCUT2D eigenvalue weighted by atomic mass is 16.6. The van der Waals surface area contributed by atoms with Crippen LogP contribution < -0.4 is 5.32 Å². The van der Waals surface area contributed by atoms with Crippen LogP contribution in [-0.2, 0) is 30.3 Å². The molecule has 1 amide bonds. The molecule has 1 saturated heterocycles. The van der Waals surface area contributed by atoms with E-state index in [4.69, 9.17) is 14.3 Å². The Kier molecular flexibility index (Phi) is 8.56. The van der Waals surface area contributed by atoms with Crippen LogP contribution in [0.4, 0.5) is 0 Å². The molecule has 1 aliphatic heterocycles. The molecule has 0 spiro atoms. The van der Waals surface area contributed by atoms with E-state index in [9.17, 15) is 14.9 Å². The third-order valence-corrected chi connectivity index (χ3v) is 5.57. The van der Waals surface area contributed by atoms with Gasteiger partial charge in [-0.05, 0) is 35.6 Å². The fraction of sp³-hybridized carbons (Fsp3) is 0.360. The Balaban J connectivity index is 1.75. The maximum atomic E-state index is 13.0. The van der Waals surface area contributed by atoms with Gasteiger partial charge in [-0.25, -0.2) is 4.79 Å². The minimum absolute atomic E-state index is 0.100. The standard InChI is InChI=1S/C25H27N3O5/c1-31-25(30)22(27-24(29)23(28-32-2)19-11-13-33-14-12-19)15-17-7-9-18(10-8-17)21-6-4-3-5-20(21)16-26/h3-10,19,22H,11-15H2,1-2H3,(H,27,29)/t22-/m0/s1. The molecule has 0 aliphatic carbocycles. The van der Waals surface area contributed by atoms with E-state index in [0.717, 1.165) is 16.7 Å². The van der Waals surface area contributed by atoms with Crippen LogP contribution in [0.3, 0.4) is 0 Å². The van der Waals surface area contributed by atoms with E-state index in [-0.39, 0.29) is 18.1 Å². The van der Waals surface area contributed by atoms with Crippen molar-refractivity contribution in [2.24, 2.45) is 11.1 Å². The van der Waals surface area contributed by atoms with Crippen molar-refractivity contribution >= 4 is 17.6 Å². The Morgan fingerprint density at radius 1 is 1.15 bits per heavy atom. The molecule has 0 aromatic heterocycles. The second kappa shape index (κ2) is 11.8. The lowest BCUT2D eigenvalue weighted by atomic mass is 9.93. The number of ether oxygens (including phenoxy) is 2. The third-order valence-electron chi connectivity index (χ3n) is 5.57. The zero-order valence-corrected chi connectivity index (χ0v) is 18.7. The summed E-state index contributed by atoms with van der Waals surface area (Å²) < 4.78 is 10.3. The second-order valence-corrected chi connectivity index (χ2v) is 7.65. The number of esters is 1. The van der Waals surface area contributed by atoms with Gasteiger partial charge >= 0.3 is 5.97 Å². The number of hydrogen-bond acceptors (Lipinski definition) is 7. The molecule has 1 N–H and O–H groups in total. The molecule has 1 atom stereocenters. The van der Waals surface area contributed by atoms with Crippen molar-refractivity contribution in [2.75, 3.05) is 27.4 Å². The van der Waals surface area contributed by atoms with Crippen LogP contribution in [0.2, 0.25) is 0 Å². The van der Waals surface area contributed by atoms with Crippen molar-refractivity contribution in [2.45, 2.75) is 25.3 Å². The summed E-state index contributed by atoms with van der Waals surface area (Å²) in [4.78, 5) is 30.3. The molecule has 1 heterocycles. The number of nitrogens with zero attached hydrogens (tertiary/aromatic N) is 2. The average molecular weight is 450 g/mol. The predicted molar refractivity (Wildman–Crippen MR) is 122 cm³/mol. The SMILES string of the molecule is CON=C(C(=O)N[C@@H](Cc1ccc(-c2ccccc2C#N)cc1)C(=O)OC)C1CCOCC1. The highest BCUT2D eigenvalue weighted by molar-refractivity contribution is 6.39. The summed E-state index contributed by atoms with van der Waals surface area (Å²) in [5.74, 6) is -1.11. The van der Waals surface area contributed by atoms with Gasteiger partial charge in [0, 0.05) is 25.6 Å². The van der Waals surface area contributed by atoms with Crippen molar-refractivity contribution in [3.8, 4) is 17.2 Å². The first-order chi connectivity index (χ1) is 16.1. The van der Waals surface area contributed by atoms with Gasteiger partial charge < -0.3 is 19.6 Å². The molecule has 2 aromatic rings. The second-order valence-electron chi connectivity index (χ2n) is 7.65. The average Bonchev–Trinajstić information content (AvgIpc) is 2.87. The van der Waals surface area contributed by atoms with Crippen LogP contribution in [0.15, 0.2) is 53.7 Å². The molecule has 2 aromatic carbocycles. The summed E-state index contributed by atoms with van der Waals surface area (Å²) >= 11 is 0. The first-order valence-corrected chi connectivity index (χ1v) is 10.7. The van der Waals surface area contributed by atoms with Crippen LogP contribution in [0.5, 0.6) is 0 Å². The third kappa shape index (κ3) is 6.18. The Morgan fingerprint density at radius 3 is 2.48 bits per heavy atom. The molecule has 1 aliphatic rings. The van der Waals surface area contributed by atoms with E-state index in [1.54, 1.807) is 6.07 Å². The van der Waals surface area contributed by atoms with Gasteiger partial charge in [0.15, 0.2) is 0 Å². The van der Waals surface area contributed by atoms with Crippen LogP contribution in [-0.4, -0.2) is 51.1 Å².